The largest absolute Gasteiger partial charge is 0.384 e. The van der Waals surface area contributed by atoms with Gasteiger partial charge in [0.05, 0.1) is 0 Å². The van der Waals surface area contributed by atoms with Crippen molar-refractivity contribution in [1.29, 1.82) is 0 Å². The van der Waals surface area contributed by atoms with E-state index in [9.17, 15) is 0 Å². The van der Waals surface area contributed by atoms with Crippen LogP contribution in [0.15, 0.2) is 48.8 Å². The van der Waals surface area contributed by atoms with Crippen molar-refractivity contribution in [2.24, 2.45) is 0 Å². The molecule has 2 heterocycles. The number of nitrogens with two attached hydrogens (primary N) is 1. The van der Waals surface area contributed by atoms with Crippen LogP contribution in [0.25, 0.3) is 22.9 Å². The number of hydrogen-bond acceptors (Lipinski definition) is 4. The Bertz CT molecular complexity index is 733. The van der Waals surface area contributed by atoms with E-state index in [1.807, 2.05) is 36.5 Å². The number of rotatable bonds is 4. The first kappa shape index (κ1) is 13.3. The van der Waals surface area contributed by atoms with Crippen molar-refractivity contribution in [3.63, 3.8) is 0 Å². The first-order chi connectivity index (χ1) is 10.3. The molecule has 21 heavy (non-hydrogen) atoms. The van der Waals surface area contributed by atoms with Crippen LogP contribution >= 0.6 is 0 Å². The lowest BCUT2D eigenvalue weighted by atomic mass is 10.2. The molecule has 0 amide bonds. The maximum Gasteiger partial charge on any atom is 0.162 e. The highest BCUT2D eigenvalue weighted by Crippen LogP contribution is 2.22. The van der Waals surface area contributed by atoms with E-state index in [0.29, 0.717) is 11.6 Å². The van der Waals surface area contributed by atoms with Crippen LogP contribution in [-0.2, 0) is 6.54 Å². The number of imidazole rings is 1. The number of aryl methyl sites for hydroxylation is 1. The maximum absolute atomic E-state index is 5.94. The molecule has 106 valence electrons. The number of nitrogens with zero attached hydrogens (tertiary/aromatic N) is 4. The molecule has 3 aromatic rings. The highest BCUT2D eigenvalue weighted by atomic mass is 15.1. The molecule has 0 spiro atoms. The van der Waals surface area contributed by atoms with Gasteiger partial charge in [0, 0.05) is 30.6 Å². The van der Waals surface area contributed by atoms with Gasteiger partial charge < -0.3 is 10.3 Å². The molecule has 0 aliphatic heterocycles. The van der Waals surface area contributed by atoms with Crippen LogP contribution in [-0.4, -0.2) is 19.5 Å². The van der Waals surface area contributed by atoms with Crippen molar-refractivity contribution < 1.29 is 0 Å². The fraction of sp³-hybridized carbons (Fsp3) is 0.188. The van der Waals surface area contributed by atoms with Crippen molar-refractivity contribution >= 4 is 5.82 Å². The highest BCUT2D eigenvalue weighted by Gasteiger charge is 2.11. The number of aromatic nitrogens is 4. The third-order valence-corrected chi connectivity index (χ3v) is 3.19. The fourth-order valence-corrected chi connectivity index (χ4v) is 2.26. The van der Waals surface area contributed by atoms with E-state index in [1.54, 1.807) is 12.3 Å². The number of hydrogen-bond donors (Lipinski definition) is 1. The molecule has 0 atom stereocenters. The van der Waals surface area contributed by atoms with Crippen LogP contribution in [0.5, 0.6) is 0 Å². The Balaban J connectivity index is 2.08. The minimum absolute atomic E-state index is 0.449. The Morgan fingerprint density at radius 3 is 2.71 bits per heavy atom. The summed E-state index contributed by atoms with van der Waals surface area (Å²) >= 11 is 0. The monoisotopic (exact) mass is 279 g/mol. The van der Waals surface area contributed by atoms with E-state index in [0.717, 1.165) is 30.0 Å². The van der Waals surface area contributed by atoms with Gasteiger partial charge in [0.1, 0.15) is 11.5 Å². The maximum atomic E-state index is 5.94. The molecule has 0 bridgehead atoms. The van der Waals surface area contributed by atoms with Gasteiger partial charge in [-0.15, -0.1) is 0 Å². The number of nitrogen functional groups attached to an aromatic ring is 1. The lowest BCUT2D eigenvalue weighted by Gasteiger charge is -2.08. The molecule has 0 aliphatic carbocycles. The Morgan fingerprint density at radius 1 is 1.14 bits per heavy atom. The van der Waals surface area contributed by atoms with Crippen LogP contribution in [0.2, 0.25) is 0 Å². The van der Waals surface area contributed by atoms with Gasteiger partial charge in [0.2, 0.25) is 0 Å². The molecular formula is C16H17N5. The third-order valence-electron chi connectivity index (χ3n) is 3.19. The van der Waals surface area contributed by atoms with Crippen molar-refractivity contribution in [3.8, 4) is 22.9 Å². The molecule has 0 unspecified atom stereocenters. The van der Waals surface area contributed by atoms with Gasteiger partial charge in [-0.25, -0.2) is 15.0 Å². The zero-order valence-electron chi connectivity index (χ0n) is 11.9. The molecule has 5 nitrogen and oxygen atoms in total. The first-order valence-electron chi connectivity index (χ1n) is 6.99. The molecule has 1 aromatic carbocycles. The molecule has 0 saturated heterocycles. The summed E-state index contributed by atoms with van der Waals surface area (Å²) in [7, 11) is 0. The summed E-state index contributed by atoms with van der Waals surface area (Å²) in [6.45, 7) is 3.04. The molecule has 0 fully saturated rings. The predicted octanol–water partition coefficient (Wildman–Crippen LogP) is 3.00. The summed E-state index contributed by atoms with van der Waals surface area (Å²) in [6, 6.07) is 11.6. The second-order valence-corrected chi connectivity index (χ2v) is 4.81. The van der Waals surface area contributed by atoms with Crippen molar-refractivity contribution in [2.75, 3.05) is 5.73 Å². The Hall–Kier alpha value is -2.69. The number of anilines is 1. The van der Waals surface area contributed by atoms with E-state index in [4.69, 9.17) is 5.73 Å². The van der Waals surface area contributed by atoms with E-state index in [2.05, 4.69) is 26.4 Å². The molecule has 0 radical (unpaired) electrons. The van der Waals surface area contributed by atoms with Gasteiger partial charge in [-0.3, -0.25) is 0 Å². The van der Waals surface area contributed by atoms with Crippen LogP contribution < -0.4 is 5.73 Å². The summed E-state index contributed by atoms with van der Waals surface area (Å²) in [5.74, 6) is 1.89. The van der Waals surface area contributed by atoms with Crippen molar-refractivity contribution in [3.05, 3.63) is 48.8 Å². The van der Waals surface area contributed by atoms with Crippen molar-refractivity contribution in [1.82, 2.24) is 19.5 Å². The second kappa shape index (κ2) is 5.75. The van der Waals surface area contributed by atoms with Gasteiger partial charge in [-0.1, -0.05) is 37.3 Å². The third kappa shape index (κ3) is 2.76. The molecule has 0 aliphatic rings. The van der Waals surface area contributed by atoms with E-state index < -0.39 is 0 Å². The standard InChI is InChI=1S/C16H17N5/c1-2-9-21-10-8-18-16(21)13-11-14(17)20-15(19-13)12-6-4-3-5-7-12/h3-8,10-11H,2,9H2,1H3,(H2,17,19,20). The molecular weight excluding hydrogens is 262 g/mol. The topological polar surface area (TPSA) is 69.6 Å². The summed E-state index contributed by atoms with van der Waals surface area (Å²) in [5.41, 5.74) is 7.63. The Labute approximate surface area is 123 Å². The average Bonchev–Trinajstić information content (AvgIpc) is 2.96. The summed E-state index contributed by atoms with van der Waals surface area (Å²) in [4.78, 5) is 13.3. The molecule has 0 saturated carbocycles. The van der Waals surface area contributed by atoms with Crippen LogP contribution in [0.4, 0.5) is 5.82 Å². The fourth-order valence-electron chi connectivity index (χ4n) is 2.26. The Kier molecular flexibility index (Phi) is 3.64. The van der Waals surface area contributed by atoms with Crippen molar-refractivity contribution in [2.45, 2.75) is 19.9 Å². The molecule has 2 aromatic heterocycles. The minimum Gasteiger partial charge on any atom is -0.384 e. The van der Waals surface area contributed by atoms with Gasteiger partial charge in [0.25, 0.3) is 0 Å². The van der Waals surface area contributed by atoms with E-state index >= 15 is 0 Å². The molecule has 2 N–H and O–H groups in total. The lowest BCUT2D eigenvalue weighted by Crippen LogP contribution is -2.03. The van der Waals surface area contributed by atoms with Crippen LogP contribution in [0.3, 0.4) is 0 Å². The van der Waals surface area contributed by atoms with E-state index in [1.165, 1.54) is 0 Å². The zero-order valence-corrected chi connectivity index (χ0v) is 11.9. The summed E-state index contributed by atoms with van der Waals surface area (Å²) in [5, 5.41) is 0. The second-order valence-electron chi connectivity index (χ2n) is 4.81. The van der Waals surface area contributed by atoms with Crippen LogP contribution in [0.1, 0.15) is 13.3 Å². The minimum atomic E-state index is 0.449. The summed E-state index contributed by atoms with van der Waals surface area (Å²) < 4.78 is 2.08. The lowest BCUT2D eigenvalue weighted by molar-refractivity contribution is 0.684. The number of benzene rings is 1. The zero-order chi connectivity index (χ0) is 14.7. The molecule has 5 heteroatoms. The van der Waals surface area contributed by atoms with Gasteiger partial charge in [-0.2, -0.15) is 0 Å². The summed E-state index contributed by atoms with van der Waals surface area (Å²) in [6.07, 6.45) is 4.78. The first-order valence-corrected chi connectivity index (χ1v) is 6.99. The van der Waals surface area contributed by atoms with E-state index in [-0.39, 0.29) is 0 Å². The van der Waals surface area contributed by atoms with Gasteiger partial charge in [-0.05, 0) is 6.42 Å². The normalized spacial score (nSPS) is 10.7. The predicted molar refractivity (Wildman–Crippen MR) is 83.4 cm³/mol. The van der Waals surface area contributed by atoms with Gasteiger partial charge in [0.15, 0.2) is 11.6 Å². The smallest absolute Gasteiger partial charge is 0.162 e. The quantitative estimate of drug-likeness (QED) is 0.797. The molecule has 3 rings (SSSR count). The Morgan fingerprint density at radius 2 is 1.95 bits per heavy atom. The SMILES string of the molecule is CCCn1ccnc1-c1cc(N)nc(-c2ccccc2)n1. The van der Waals surface area contributed by atoms with Crippen LogP contribution in [0, 0.1) is 0 Å². The van der Waals surface area contributed by atoms with Gasteiger partial charge >= 0.3 is 0 Å². The average molecular weight is 279 g/mol. The highest BCUT2D eigenvalue weighted by molar-refractivity contribution is 5.63.